The predicted octanol–water partition coefficient (Wildman–Crippen LogP) is 1.70. The molecule has 1 aromatic rings. The van der Waals surface area contributed by atoms with Crippen molar-refractivity contribution >= 4 is 31.9 Å². The van der Waals surface area contributed by atoms with Crippen molar-refractivity contribution in [2.24, 2.45) is 11.7 Å². The fourth-order valence-electron chi connectivity index (χ4n) is 2.73. The number of rotatable bonds is 5. The Kier molecular flexibility index (Phi) is 6.41. The molecule has 1 aliphatic rings. The molecule has 3 N–H and O–H groups in total. The summed E-state index contributed by atoms with van der Waals surface area (Å²) in [4.78, 5) is 14.6. The highest BCUT2D eigenvalue weighted by Crippen LogP contribution is 2.18. The number of carbonyl (C=O) groups excluding carboxylic acids is 1. The van der Waals surface area contributed by atoms with Crippen LogP contribution in [0, 0.1) is 5.92 Å². The van der Waals surface area contributed by atoms with Crippen LogP contribution in [0.25, 0.3) is 0 Å². The first-order chi connectivity index (χ1) is 11.2. The smallest absolute Gasteiger partial charge is 0.241 e. The zero-order valence-corrected chi connectivity index (χ0v) is 16.3. The SMILES string of the molecule is CC(C)[C@H](NS(=O)(=O)c1ccc(Br)cc1)C(=O)N1CCC[C@@H](N)C1. The zero-order chi connectivity index (χ0) is 17.9. The number of benzene rings is 1. The van der Waals surface area contributed by atoms with E-state index in [0.717, 1.165) is 17.3 Å². The van der Waals surface area contributed by atoms with Crippen LogP contribution in [0.2, 0.25) is 0 Å². The van der Waals surface area contributed by atoms with Gasteiger partial charge in [-0.3, -0.25) is 4.79 Å². The number of piperidine rings is 1. The van der Waals surface area contributed by atoms with Crippen molar-refractivity contribution in [1.29, 1.82) is 0 Å². The van der Waals surface area contributed by atoms with Crippen molar-refractivity contribution in [1.82, 2.24) is 9.62 Å². The molecule has 1 amide bonds. The standard InChI is InChI=1S/C16H24BrN3O3S/c1-11(2)15(16(21)20-9-3-4-13(18)10-20)19-24(22,23)14-7-5-12(17)6-8-14/h5-8,11,13,15,19H,3-4,9-10,18H2,1-2H3/t13-,15+/m1/s1. The minimum absolute atomic E-state index is 0.0430. The summed E-state index contributed by atoms with van der Waals surface area (Å²) < 4.78 is 28.5. The van der Waals surface area contributed by atoms with Crippen molar-refractivity contribution in [3.05, 3.63) is 28.7 Å². The summed E-state index contributed by atoms with van der Waals surface area (Å²) in [6.45, 7) is 4.75. The summed E-state index contributed by atoms with van der Waals surface area (Å²) in [5.41, 5.74) is 5.93. The van der Waals surface area contributed by atoms with Gasteiger partial charge >= 0.3 is 0 Å². The Morgan fingerprint density at radius 3 is 2.50 bits per heavy atom. The number of nitrogens with one attached hydrogen (secondary N) is 1. The van der Waals surface area contributed by atoms with Gasteiger partial charge in [0.15, 0.2) is 0 Å². The van der Waals surface area contributed by atoms with E-state index in [4.69, 9.17) is 5.73 Å². The molecule has 0 unspecified atom stereocenters. The quantitative estimate of drug-likeness (QED) is 0.762. The summed E-state index contributed by atoms with van der Waals surface area (Å²) >= 11 is 3.28. The Balaban J connectivity index is 2.18. The van der Waals surface area contributed by atoms with Crippen molar-refractivity contribution < 1.29 is 13.2 Å². The molecule has 0 spiro atoms. The molecular weight excluding hydrogens is 394 g/mol. The van der Waals surface area contributed by atoms with Crippen molar-refractivity contribution in [3.8, 4) is 0 Å². The van der Waals surface area contributed by atoms with Crippen molar-refractivity contribution in [3.63, 3.8) is 0 Å². The summed E-state index contributed by atoms with van der Waals surface area (Å²) in [5.74, 6) is -0.373. The number of sulfonamides is 1. The topological polar surface area (TPSA) is 92.5 Å². The summed E-state index contributed by atoms with van der Waals surface area (Å²) in [5, 5.41) is 0. The average molecular weight is 418 g/mol. The number of carbonyl (C=O) groups is 1. The molecule has 1 heterocycles. The third-order valence-corrected chi connectivity index (χ3v) is 6.09. The van der Waals surface area contributed by atoms with Gasteiger partial charge in [0.05, 0.1) is 4.90 Å². The Bertz CT molecular complexity index is 676. The normalized spacial score (nSPS) is 20.2. The molecule has 6 nitrogen and oxygen atoms in total. The molecule has 1 aromatic carbocycles. The first-order valence-corrected chi connectivity index (χ1v) is 10.3. The summed E-state index contributed by atoms with van der Waals surface area (Å²) in [6, 6.07) is 5.48. The third-order valence-electron chi connectivity index (χ3n) is 4.11. The van der Waals surface area contributed by atoms with Gasteiger partial charge in [-0.05, 0) is 43.0 Å². The van der Waals surface area contributed by atoms with E-state index in [1.165, 1.54) is 12.1 Å². The van der Waals surface area contributed by atoms with E-state index in [0.29, 0.717) is 13.1 Å². The maximum Gasteiger partial charge on any atom is 0.241 e. The Morgan fingerprint density at radius 1 is 1.33 bits per heavy atom. The van der Waals surface area contributed by atoms with E-state index in [9.17, 15) is 13.2 Å². The van der Waals surface area contributed by atoms with Gasteiger partial charge in [0.1, 0.15) is 6.04 Å². The maximum atomic E-state index is 12.8. The van der Waals surface area contributed by atoms with Crippen LogP contribution in [0.4, 0.5) is 0 Å². The summed E-state index contributed by atoms with van der Waals surface area (Å²) in [6.07, 6.45) is 1.73. The molecule has 0 saturated carbocycles. The van der Waals surface area contributed by atoms with Gasteiger partial charge in [-0.25, -0.2) is 8.42 Å². The van der Waals surface area contributed by atoms with E-state index in [1.807, 2.05) is 13.8 Å². The molecule has 24 heavy (non-hydrogen) atoms. The minimum atomic E-state index is -3.77. The number of nitrogens with two attached hydrogens (primary N) is 1. The largest absolute Gasteiger partial charge is 0.340 e. The van der Waals surface area contributed by atoms with Crippen molar-refractivity contribution in [2.75, 3.05) is 13.1 Å². The third kappa shape index (κ3) is 4.78. The van der Waals surface area contributed by atoms with E-state index < -0.39 is 16.1 Å². The van der Waals surface area contributed by atoms with Gasteiger partial charge in [0, 0.05) is 23.6 Å². The van der Waals surface area contributed by atoms with E-state index >= 15 is 0 Å². The highest BCUT2D eigenvalue weighted by atomic mass is 79.9. The van der Waals surface area contributed by atoms with Gasteiger partial charge in [0.2, 0.25) is 15.9 Å². The van der Waals surface area contributed by atoms with Crippen LogP contribution >= 0.6 is 15.9 Å². The zero-order valence-electron chi connectivity index (χ0n) is 13.9. The Labute approximate surface area is 152 Å². The highest BCUT2D eigenvalue weighted by Gasteiger charge is 2.33. The van der Waals surface area contributed by atoms with Crippen molar-refractivity contribution in [2.45, 2.75) is 43.7 Å². The Morgan fingerprint density at radius 2 is 1.96 bits per heavy atom. The van der Waals surface area contributed by atoms with Crippen LogP contribution in [0.1, 0.15) is 26.7 Å². The number of halogens is 1. The van der Waals surface area contributed by atoms with Gasteiger partial charge < -0.3 is 10.6 Å². The average Bonchev–Trinajstić information content (AvgIpc) is 2.52. The van der Waals surface area contributed by atoms with Gasteiger partial charge in [0.25, 0.3) is 0 Å². The van der Waals surface area contributed by atoms with Crippen LogP contribution < -0.4 is 10.5 Å². The molecule has 2 rings (SSSR count). The fraction of sp³-hybridized carbons (Fsp3) is 0.562. The van der Waals surface area contributed by atoms with Crippen LogP contribution in [0.3, 0.4) is 0 Å². The second-order valence-corrected chi connectivity index (χ2v) is 9.11. The molecule has 0 radical (unpaired) electrons. The first kappa shape index (κ1) is 19.4. The Hall–Kier alpha value is -0.960. The molecule has 1 fully saturated rings. The van der Waals surface area contributed by atoms with Gasteiger partial charge in [-0.15, -0.1) is 0 Å². The number of nitrogens with zero attached hydrogens (tertiary/aromatic N) is 1. The number of amides is 1. The van der Waals surface area contributed by atoms with Gasteiger partial charge in [-0.2, -0.15) is 4.72 Å². The van der Waals surface area contributed by atoms with Crippen LogP contribution in [0.5, 0.6) is 0 Å². The fourth-order valence-corrected chi connectivity index (χ4v) is 4.33. The molecule has 0 aromatic heterocycles. The first-order valence-electron chi connectivity index (χ1n) is 8.03. The molecular formula is C16H24BrN3O3S. The molecule has 8 heteroatoms. The predicted molar refractivity (Wildman–Crippen MR) is 96.9 cm³/mol. The molecule has 0 aliphatic carbocycles. The number of hydrogen-bond acceptors (Lipinski definition) is 4. The highest BCUT2D eigenvalue weighted by molar-refractivity contribution is 9.10. The minimum Gasteiger partial charge on any atom is -0.340 e. The number of hydrogen-bond donors (Lipinski definition) is 2. The van der Waals surface area contributed by atoms with E-state index in [2.05, 4.69) is 20.7 Å². The maximum absolute atomic E-state index is 12.8. The van der Waals surface area contributed by atoms with Crippen LogP contribution in [-0.4, -0.2) is 44.4 Å². The lowest BCUT2D eigenvalue weighted by Gasteiger charge is -2.34. The van der Waals surface area contributed by atoms with Gasteiger partial charge in [-0.1, -0.05) is 29.8 Å². The molecule has 1 aliphatic heterocycles. The van der Waals surface area contributed by atoms with Crippen LogP contribution in [0.15, 0.2) is 33.6 Å². The molecule has 0 bridgehead atoms. The lowest BCUT2D eigenvalue weighted by molar-refractivity contribution is -0.135. The summed E-state index contributed by atoms with van der Waals surface area (Å²) in [7, 11) is -3.77. The molecule has 1 saturated heterocycles. The van der Waals surface area contributed by atoms with E-state index in [-0.39, 0.29) is 22.8 Å². The van der Waals surface area contributed by atoms with Crippen LogP contribution in [-0.2, 0) is 14.8 Å². The van der Waals surface area contributed by atoms with E-state index in [1.54, 1.807) is 17.0 Å². The number of likely N-dealkylation sites (tertiary alicyclic amines) is 1. The lowest BCUT2D eigenvalue weighted by Crippen LogP contribution is -2.55. The molecule has 134 valence electrons. The second kappa shape index (κ2) is 7.95. The second-order valence-electron chi connectivity index (χ2n) is 6.48. The lowest BCUT2D eigenvalue weighted by atomic mass is 10.0. The monoisotopic (exact) mass is 417 g/mol. The molecule has 2 atom stereocenters.